The van der Waals surface area contributed by atoms with Crippen molar-refractivity contribution in [1.82, 2.24) is 0 Å². The van der Waals surface area contributed by atoms with Crippen LogP contribution in [0.25, 0.3) is 0 Å². The molecule has 0 fully saturated rings. The maximum Gasteiger partial charge on any atom is 0.125 e. The van der Waals surface area contributed by atoms with Crippen molar-refractivity contribution in [1.29, 1.82) is 0 Å². The third-order valence-corrected chi connectivity index (χ3v) is 4.10. The van der Waals surface area contributed by atoms with Crippen LogP contribution in [-0.2, 0) is 13.2 Å². The Balaban J connectivity index is 2.08. The quantitative estimate of drug-likeness (QED) is 0.911. The number of thiophene rings is 1. The maximum absolute atomic E-state index is 9.30. The number of hydrogen-bond acceptors (Lipinski definition) is 4. The molecule has 0 spiro atoms. The second kappa shape index (κ2) is 6.22. The predicted molar refractivity (Wildman–Crippen MR) is 75.3 cm³/mol. The molecule has 2 aromatic rings. The molecule has 1 aromatic carbocycles. The Morgan fingerprint density at radius 2 is 2.17 bits per heavy atom. The summed E-state index contributed by atoms with van der Waals surface area (Å²) in [5.41, 5.74) is 0.727. The highest BCUT2D eigenvalue weighted by Crippen LogP contribution is 2.26. The Hall–Kier alpha value is -1.04. The molecule has 2 rings (SSSR count). The van der Waals surface area contributed by atoms with E-state index in [0.29, 0.717) is 18.1 Å². The van der Waals surface area contributed by atoms with Crippen LogP contribution in [0.3, 0.4) is 0 Å². The summed E-state index contributed by atoms with van der Waals surface area (Å²) in [5, 5.41) is 11.3. The van der Waals surface area contributed by atoms with E-state index in [1.807, 2.05) is 23.6 Å². The van der Waals surface area contributed by atoms with Crippen molar-refractivity contribution in [3.8, 4) is 11.5 Å². The van der Waals surface area contributed by atoms with Crippen molar-refractivity contribution in [3.63, 3.8) is 0 Å². The second-order valence-electron chi connectivity index (χ2n) is 3.65. The number of aliphatic hydroxyl groups excluding tert-OH is 1. The molecule has 3 nitrogen and oxygen atoms in total. The molecular weight excluding hydrogens is 316 g/mol. The SMILES string of the molecule is COc1ccc(OCc2cc(Br)cs2)c(CO)c1. The Bertz CT molecular complexity index is 525. The van der Waals surface area contributed by atoms with Crippen LogP contribution in [0.5, 0.6) is 11.5 Å². The molecule has 1 aromatic heterocycles. The van der Waals surface area contributed by atoms with Crippen LogP contribution < -0.4 is 9.47 Å². The number of methoxy groups -OCH3 is 1. The van der Waals surface area contributed by atoms with E-state index in [0.717, 1.165) is 14.9 Å². The number of halogens is 1. The lowest BCUT2D eigenvalue weighted by atomic mass is 10.2. The zero-order valence-corrected chi connectivity index (χ0v) is 12.3. The van der Waals surface area contributed by atoms with Crippen LogP contribution in [0.2, 0.25) is 0 Å². The summed E-state index contributed by atoms with van der Waals surface area (Å²) in [5.74, 6) is 1.40. The monoisotopic (exact) mass is 328 g/mol. The molecule has 1 N–H and O–H groups in total. The summed E-state index contributed by atoms with van der Waals surface area (Å²) in [7, 11) is 1.60. The standard InChI is InChI=1S/C13H13BrO3S/c1-16-11-2-3-13(9(4-11)6-15)17-7-12-5-10(14)8-18-12/h2-5,8,15H,6-7H2,1H3. The molecule has 5 heteroatoms. The van der Waals surface area contributed by atoms with E-state index in [1.54, 1.807) is 24.5 Å². The van der Waals surface area contributed by atoms with Crippen LogP contribution in [-0.4, -0.2) is 12.2 Å². The van der Waals surface area contributed by atoms with Crippen molar-refractivity contribution >= 4 is 27.3 Å². The summed E-state index contributed by atoms with van der Waals surface area (Å²) in [4.78, 5) is 1.13. The minimum absolute atomic E-state index is 0.0688. The van der Waals surface area contributed by atoms with Gasteiger partial charge in [-0.05, 0) is 40.2 Å². The summed E-state index contributed by atoms with van der Waals surface area (Å²) in [6.07, 6.45) is 0. The van der Waals surface area contributed by atoms with Gasteiger partial charge in [-0.3, -0.25) is 0 Å². The third kappa shape index (κ3) is 3.25. The Morgan fingerprint density at radius 3 is 2.78 bits per heavy atom. The van der Waals surface area contributed by atoms with E-state index in [2.05, 4.69) is 15.9 Å². The molecule has 0 saturated carbocycles. The maximum atomic E-state index is 9.30. The molecule has 0 atom stereocenters. The van der Waals surface area contributed by atoms with Gasteiger partial charge < -0.3 is 14.6 Å². The second-order valence-corrected chi connectivity index (χ2v) is 5.56. The Labute approximate surface area is 118 Å². The van der Waals surface area contributed by atoms with Crippen LogP contribution in [0.4, 0.5) is 0 Å². The van der Waals surface area contributed by atoms with Gasteiger partial charge in [-0.25, -0.2) is 0 Å². The van der Waals surface area contributed by atoms with Gasteiger partial charge in [0.05, 0.1) is 13.7 Å². The van der Waals surface area contributed by atoms with Gasteiger partial charge in [-0.1, -0.05) is 0 Å². The van der Waals surface area contributed by atoms with Gasteiger partial charge in [0.1, 0.15) is 18.1 Å². The van der Waals surface area contributed by atoms with E-state index in [4.69, 9.17) is 9.47 Å². The van der Waals surface area contributed by atoms with Gasteiger partial charge in [0.15, 0.2) is 0 Å². The van der Waals surface area contributed by atoms with Crippen LogP contribution >= 0.6 is 27.3 Å². The molecule has 0 aliphatic carbocycles. The van der Waals surface area contributed by atoms with Crippen molar-refractivity contribution in [3.05, 3.63) is 44.6 Å². The van der Waals surface area contributed by atoms with Crippen molar-refractivity contribution in [2.24, 2.45) is 0 Å². The first-order valence-corrected chi connectivity index (χ1v) is 7.03. The van der Waals surface area contributed by atoms with Crippen LogP contribution in [0.1, 0.15) is 10.4 Å². The van der Waals surface area contributed by atoms with Crippen LogP contribution in [0.15, 0.2) is 34.1 Å². The average Bonchev–Trinajstić information content (AvgIpc) is 2.82. The molecule has 0 aliphatic heterocycles. The normalized spacial score (nSPS) is 10.4. The lowest BCUT2D eigenvalue weighted by Crippen LogP contribution is -1.98. The average molecular weight is 329 g/mol. The Kier molecular flexibility index (Phi) is 4.63. The predicted octanol–water partition coefficient (Wildman–Crippen LogP) is 3.59. The number of rotatable bonds is 5. The first kappa shape index (κ1) is 13.4. The zero-order valence-electron chi connectivity index (χ0n) is 9.85. The molecule has 18 heavy (non-hydrogen) atoms. The minimum Gasteiger partial charge on any atom is -0.497 e. The first-order chi connectivity index (χ1) is 8.72. The highest BCUT2D eigenvalue weighted by Gasteiger charge is 2.06. The molecule has 0 saturated heterocycles. The molecule has 1 heterocycles. The fourth-order valence-corrected chi connectivity index (χ4v) is 2.89. The molecule has 0 aliphatic rings. The number of aliphatic hydroxyl groups is 1. The Morgan fingerprint density at radius 1 is 1.33 bits per heavy atom. The summed E-state index contributed by atoms with van der Waals surface area (Å²) in [6.45, 7) is 0.427. The van der Waals surface area contributed by atoms with Crippen molar-refractivity contribution in [2.75, 3.05) is 7.11 Å². The van der Waals surface area contributed by atoms with E-state index >= 15 is 0 Å². The smallest absolute Gasteiger partial charge is 0.125 e. The van der Waals surface area contributed by atoms with Gasteiger partial charge in [-0.2, -0.15) is 0 Å². The van der Waals surface area contributed by atoms with Crippen molar-refractivity contribution in [2.45, 2.75) is 13.2 Å². The number of benzene rings is 1. The first-order valence-electron chi connectivity index (χ1n) is 5.36. The number of hydrogen-bond donors (Lipinski definition) is 1. The van der Waals surface area contributed by atoms with Crippen molar-refractivity contribution < 1.29 is 14.6 Å². The molecule has 0 amide bonds. The van der Waals surface area contributed by atoms with Gasteiger partial charge >= 0.3 is 0 Å². The van der Waals surface area contributed by atoms with E-state index in [9.17, 15) is 5.11 Å². The minimum atomic E-state index is -0.0688. The molecular formula is C13H13BrO3S. The molecule has 0 bridgehead atoms. The van der Waals surface area contributed by atoms with E-state index < -0.39 is 0 Å². The number of ether oxygens (including phenoxy) is 2. The highest BCUT2D eigenvalue weighted by molar-refractivity contribution is 9.10. The fraction of sp³-hybridized carbons (Fsp3) is 0.231. The summed E-state index contributed by atoms with van der Waals surface area (Å²) in [6, 6.07) is 7.43. The van der Waals surface area contributed by atoms with E-state index in [1.165, 1.54) is 0 Å². The topological polar surface area (TPSA) is 38.7 Å². The largest absolute Gasteiger partial charge is 0.497 e. The van der Waals surface area contributed by atoms with Gasteiger partial charge in [0.25, 0.3) is 0 Å². The van der Waals surface area contributed by atoms with Crippen LogP contribution in [0, 0.1) is 0 Å². The van der Waals surface area contributed by atoms with Gasteiger partial charge in [-0.15, -0.1) is 11.3 Å². The summed E-state index contributed by atoms with van der Waals surface area (Å²) < 4.78 is 11.9. The lowest BCUT2D eigenvalue weighted by Gasteiger charge is -2.10. The third-order valence-electron chi connectivity index (χ3n) is 2.43. The zero-order chi connectivity index (χ0) is 13.0. The fourth-order valence-electron chi connectivity index (χ4n) is 1.53. The van der Waals surface area contributed by atoms with Gasteiger partial charge in [0, 0.05) is 20.3 Å². The van der Waals surface area contributed by atoms with E-state index in [-0.39, 0.29) is 6.61 Å². The van der Waals surface area contributed by atoms with Gasteiger partial charge in [0.2, 0.25) is 0 Å². The lowest BCUT2D eigenvalue weighted by molar-refractivity contribution is 0.259. The molecule has 0 unspecified atom stereocenters. The molecule has 0 radical (unpaired) electrons. The highest BCUT2D eigenvalue weighted by atomic mass is 79.9. The summed E-state index contributed by atoms with van der Waals surface area (Å²) >= 11 is 5.03. The molecule has 96 valence electrons.